The zero-order valence-electron chi connectivity index (χ0n) is 8.98. The largest absolute Gasteiger partial charge is 0.486 e. The van der Waals surface area contributed by atoms with Crippen LogP contribution in [0.3, 0.4) is 0 Å². The lowest BCUT2D eigenvalue weighted by molar-refractivity contribution is 0.103. The average molecular weight is 222 g/mol. The van der Waals surface area contributed by atoms with Gasteiger partial charge in [0.05, 0.1) is 19.8 Å². The van der Waals surface area contributed by atoms with E-state index in [9.17, 15) is 0 Å². The maximum atomic E-state index is 5.51. The molecule has 1 fully saturated rings. The maximum Gasteiger partial charge on any atom is 0.161 e. The molecular formula is C12H14O4. The van der Waals surface area contributed by atoms with Crippen molar-refractivity contribution in [3.63, 3.8) is 0 Å². The predicted molar refractivity (Wildman–Crippen MR) is 56.8 cm³/mol. The summed E-state index contributed by atoms with van der Waals surface area (Å²) in [6, 6.07) is 5.91. The van der Waals surface area contributed by atoms with Crippen molar-refractivity contribution in [1.82, 2.24) is 0 Å². The molecule has 1 atom stereocenters. The van der Waals surface area contributed by atoms with Crippen molar-refractivity contribution >= 4 is 0 Å². The van der Waals surface area contributed by atoms with E-state index in [0.29, 0.717) is 32.5 Å². The van der Waals surface area contributed by atoms with Crippen molar-refractivity contribution in [2.75, 3.05) is 26.4 Å². The van der Waals surface area contributed by atoms with Crippen molar-refractivity contribution in [2.45, 2.75) is 12.7 Å². The SMILES string of the molecule is c1cc2c(cc1COC[C@@H]1CO1)OCCO2. The van der Waals surface area contributed by atoms with E-state index in [1.807, 2.05) is 18.2 Å². The molecule has 0 saturated carbocycles. The van der Waals surface area contributed by atoms with Crippen molar-refractivity contribution in [1.29, 1.82) is 0 Å². The molecule has 4 heteroatoms. The lowest BCUT2D eigenvalue weighted by atomic mass is 10.2. The minimum Gasteiger partial charge on any atom is -0.486 e. The van der Waals surface area contributed by atoms with E-state index in [4.69, 9.17) is 18.9 Å². The van der Waals surface area contributed by atoms with Crippen LogP contribution in [0.15, 0.2) is 18.2 Å². The summed E-state index contributed by atoms with van der Waals surface area (Å²) in [6.45, 7) is 3.35. The smallest absolute Gasteiger partial charge is 0.161 e. The van der Waals surface area contributed by atoms with E-state index in [0.717, 1.165) is 23.7 Å². The molecule has 0 spiro atoms. The Balaban J connectivity index is 1.60. The van der Waals surface area contributed by atoms with Crippen molar-refractivity contribution in [3.8, 4) is 11.5 Å². The first kappa shape index (κ1) is 9.93. The third kappa shape index (κ3) is 2.28. The molecule has 0 amide bonds. The van der Waals surface area contributed by atoms with Gasteiger partial charge in [0.1, 0.15) is 19.3 Å². The zero-order chi connectivity index (χ0) is 10.8. The second-order valence-corrected chi connectivity index (χ2v) is 3.95. The van der Waals surface area contributed by atoms with Gasteiger partial charge in [-0.05, 0) is 17.7 Å². The van der Waals surface area contributed by atoms with Gasteiger partial charge in [0.15, 0.2) is 11.5 Å². The van der Waals surface area contributed by atoms with E-state index in [1.54, 1.807) is 0 Å². The zero-order valence-corrected chi connectivity index (χ0v) is 8.98. The molecule has 1 aromatic carbocycles. The molecule has 1 aromatic rings. The molecule has 0 bridgehead atoms. The van der Waals surface area contributed by atoms with E-state index < -0.39 is 0 Å². The highest BCUT2D eigenvalue weighted by molar-refractivity contribution is 5.43. The first-order valence-corrected chi connectivity index (χ1v) is 5.50. The Labute approximate surface area is 94.1 Å². The summed E-state index contributed by atoms with van der Waals surface area (Å²) in [5.74, 6) is 1.63. The molecule has 0 N–H and O–H groups in total. The summed E-state index contributed by atoms with van der Waals surface area (Å²) in [5.41, 5.74) is 1.10. The van der Waals surface area contributed by atoms with Crippen LogP contribution in [0.2, 0.25) is 0 Å². The van der Waals surface area contributed by atoms with Crippen LogP contribution in [0.4, 0.5) is 0 Å². The molecule has 3 rings (SSSR count). The van der Waals surface area contributed by atoms with Crippen LogP contribution in [0, 0.1) is 0 Å². The summed E-state index contributed by atoms with van der Waals surface area (Å²) in [6.07, 6.45) is 0.317. The van der Waals surface area contributed by atoms with Gasteiger partial charge in [-0.1, -0.05) is 6.07 Å². The summed E-state index contributed by atoms with van der Waals surface area (Å²) in [4.78, 5) is 0. The Morgan fingerprint density at radius 1 is 1.19 bits per heavy atom. The van der Waals surface area contributed by atoms with Crippen LogP contribution in [-0.4, -0.2) is 32.5 Å². The van der Waals surface area contributed by atoms with Gasteiger partial charge < -0.3 is 18.9 Å². The molecule has 4 nitrogen and oxygen atoms in total. The lowest BCUT2D eigenvalue weighted by Gasteiger charge is -2.18. The number of epoxide rings is 1. The van der Waals surface area contributed by atoms with E-state index in [-0.39, 0.29) is 0 Å². The number of hydrogen-bond acceptors (Lipinski definition) is 4. The quantitative estimate of drug-likeness (QED) is 0.721. The van der Waals surface area contributed by atoms with Gasteiger partial charge in [0.2, 0.25) is 0 Å². The fraction of sp³-hybridized carbons (Fsp3) is 0.500. The molecule has 2 aliphatic rings. The molecule has 86 valence electrons. The summed E-state index contributed by atoms with van der Waals surface area (Å²) in [5, 5.41) is 0. The van der Waals surface area contributed by atoms with E-state index in [1.165, 1.54) is 0 Å². The number of hydrogen-bond donors (Lipinski definition) is 0. The van der Waals surface area contributed by atoms with E-state index >= 15 is 0 Å². The Kier molecular flexibility index (Phi) is 2.68. The van der Waals surface area contributed by atoms with Gasteiger partial charge in [-0.15, -0.1) is 0 Å². The second-order valence-electron chi connectivity index (χ2n) is 3.95. The fourth-order valence-electron chi connectivity index (χ4n) is 1.65. The predicted octanol–water partition coefficient (Wildman–Crippen LogP) is 1.37. The molecule has 2 heterocycles. The monoisotopic (exact) mass is 222 g/mol. The second kappa shape index (κ2) is 4.31. The van der Waals surface area contributed by atoms with Gasteiger partial charge in [0, 0.05) is 0 Å². The van der Waals surface area contributed by atoms with Gasteiger partial charge in [-0.3, -0.25) is 0 Å². The summed E-state index contributed by atoms with van der Waals surface area (Å²) in [7, 11) is 0. The summed E-state index contributed by atoms with van der Waals surface area (Å²) >= 11 is 0. The van der Waals surface area contributed by atoms with Crippen molar-refractivity contribution in [2.24, 2.45) is 0 Å². The van der Waals surface area contributed by atoms with Crippen molar-refractivity contribution < 1.29 is 18.9 Å². The Hall–Kier alpha value is -1.26. The normalized spacial score (nSPS) is 21.9. The highest BCUT2D eigenvalue weighted by atomic mass is 16.6. The van der Waals surface area contributed by atoms with Crippen LogP contribution in [0.1, 0.15) is 5.56 Å². The van der Waals surface area contributed by atoms with Crippen LogP contribution in [-0.2, 0) is 16.1 Å². The number of benzene rings is 1. The molecule has 0 aliphatic carbocycles. The number of fused-ring (bicyclic) bond motifs is 1. The Bertz CT molecular complexity index is 373. The van der Waals surface area contributed by atoms with Gasteiger partial charge >= 0.3 is 0 Å². The van der Waals surface area contributed by atoms with Crippen LogP contribution < -0.4 is 9.47 Å². The van der Waals surface area contributed by atoms with Crippen LogP contribution in [0.5, 0.6) is 11.5 Å². The number of rotatable bonds is 4. The average Bonchev–Trinajstić information content (AvgIpc) is 3.13. The standard InChI is InChI=1S/C12H14O4/c1-2-11-12(15-4-3-14-11)5-9(1)6-13-7-10-8-16-10/h1-2,5,10H,3-4,6-8H2/t10-/m1/s1. The van der Waals surface area contributed by atoms with Crippen LogP contribution in [0.25, 0.3) is 0 Å². The third-order valence-electron chi connectivity index (χ3n) is 2.58. The topological polar surface area (TPSA) is 40.2 Å². The molecule has 1 saturated heterocycles. The molecule has 2 aliphatic heterocycles. The molecule has 0 unspecified atom stereocenters. The fourth-order valence-corrected chi connectivity index (χ4v) is 1.65. The highest BCUT2D eigenvalue weighted by Crippen LogP contribution is 2.30. The van der Waals surface area contributed by atoms with Gasteiger partial charge in [0.25, 0.3) is 0 Å². The molecular weight excluding hydrogens is 208 g/mol. The minimum atomic E-state index is 0.317. The first-order chi connectivity index (χ1) is 7.92. The summed E-state index contributed by atoms with van der Waals surface area (Å²) < 4.78 is 21.5. The van der Waals surface area contributed by atoms with E-state index in [2.05, 4.69) is 0 Å². The minimum absolute atomic E-state index is 0.317. The van der Waals surface area contributed by atoms with Gasteiger partial charge in [-0.2, -0.15) is 0 Å². The Morgan fingerprint density at radius 3 is 2.81 bits per heavy atom. The Morgan fingerprint density at radius 2 is 2.00 bits per heavy atom. The van der Waals surface area contributed by atoms with Gasteiger partial charge in [-0.25, -0.2) is 0 Å². The maximum absolute atomic E-state index is 5.51. The molecule has 16 heavy (non-hydrogen) atoms. The molecule has 0 radical (unpaired) electrons. The first-order valence-electron chi connectivity index (χ1n) is 5.50. The highest BCUT2D eigenvalue weighted by Gasteiger charge is 2.22. The van der Waals surface area contributed by atoms with Crippen molar-refractivity contribution in [3.05, 3.63) is 23.8 Å². The number of ether oxygens (including phenoxy) is 4. The third-order valence-corrected chi connectivity index (χ3v) is 2.58. The lowest BCUT2D eigenvalue weighted by Crippen LogP contribution is -2.15. The molecule has 0 aromatic heterocycles. The van der Waals surface area contributed by atoms with Crippen LogP contribution >= 0.6 is 0 Å².